The third-order valence-electron chi connectivity index (χ3n) is 1.06. The molecule has 1 amide bonds. The van der Waals surface area contributed by atoms with Crippen molar-refractivity contribution in [3.8, 4) is 5.06 Å². The quantitative estimate of drug-likeness (QED) is 0.554. The Balaban J connectivity index is 2.63. The van der Waals surface area contributed by atoms with E-state index in [9.17, 15) is 4.79 Å². The van der Waals surface area contributed by atoms with E-state index in [-0.39, 0.29) is 5.91 Å². The van der Waals surface area contributed by atoms with Gasteiger partial charge < -0.3 is 10.1 Å². The Morgan fingerprint density at radius 2 is 2.50 bits per heavy atom. The van der Waals surface area contributed by atoms with E-state index >= 15 is 0 Å². The molecule has 0 radical (unpaired) electrons. The van der Waals surface area contributed by atoms with Gasteiger partial charge in [-0.05, 0) is 12.1 Å². The second-order valence-corrected chi connectivity index (χ2v) is 3.08. The molecule has 0 fully saturated rings. The number of amides is 1. The molecule has 1 rings (SSSR count). The van der Waals surface area contributed by atoms with E-state index in [1.165, 1.54) is 18.3 Å². The molecular weight excluding hydrogens is 176 g/mol. The van der Waals surface area contributed by atoms with E-state index < -0.39 is 0 Å². The molecule has 0 aliphatic carbocycles. The van der Waals surface area contributed by atoms with Crippen LogP contribution in [-0.4, -0.2) is 12.3 Å². The standard InChI is InChI=1S/C7H8N2O2S/c1-5(10)9-6-2-3-7(12-6)11-4-8/h2-4,8H,1H3,(H,9,10). The number of nitrogens with one attached hydrogen (secondary N) is 2. The van der Waals surface area contributed by atoms with Gasteiger partial charge in [0.05, 0.1) is 5.00 Å². The zero-order chi connectivity index (χ0) is 8.97. The van der Waals surface area contributed by atoms with Crippen LogP contribution in [0.2, 0.25) is 0 Å². The lowest BCUT2D eigenvalue weighted by Crippen LogP contribution is -2.03. The highest BCUT2D eigenvalue weighted by molar-refractivity contribution is 7.18. The third-order valence-corrected chi connectivity index (χ3v) is 1.95. The van der Waals surface area contributed by atoms with Gasteiger partial charge in [0.2, 0.25) is 5.91 Å². The maximum Gasteiger partial charge on any atom is 0.221 e. The molecule has 1 aromatic heterocycles. The van der Waals surface area contributed by atoms with Crippen LogP contribution in [0.4, 0.5) is 5.00 Å². The second-order valence-electron chi connectivity index (χ2n) is 2.04. The van der Waals surface area contributed by atoms with Crippen molar-refractivity contribution in [3.05, 3.63) is 12.1 Å². The highest BCUT2D eigenvalue weighted by Gasteiger charge is 2.00. The van der Waals surface area contributed by atoms with Gasteiger partial charge in [-0.25, -0.2) is 0 Å². The lowest BCUT2D eigenvalue weighted by atomic mass is 10.6. The van der Waals surface area contributed by atoms with Crippen LogP contribution in [0.1, 0.15) is 6.92 Å². The summed E-state index contributed by atoms with van der Waals surface area (Å²) in [6, 6.07) is 3.42. The minimum atomic E-state index is -0.113. The molecule has 4 nitrogen and oxygen atoms in total. The molecular formula is C7H8N2O2S. The fraction of sp³-hybridized carbons (Fsp3) is 0.143. The van der Waals surface area contributed by atoms with Gasteiger partial charge in [0, 0.05) is 6.92 Å². The maximum atomic E-state index is 10.6. The summed E-state index contributed by atoms with van der Waals surface area (Å²) in [5, 5.41) is 10.6. The zero-order valence-corrected chi connectivity index (χ0v) is 7.27. The topological polar surface area (TPSA) is 62.2 Å². The van der Waals surface area contributed by atoms with Crippen LogP contribution in [0, 0.1) is 5.41 Å². The molecule has 1 aromatic rings. The van der Waals surface area contributed by atoms with Crippen LogP contribution in [0.25, 0.3) is 0 Å². The first kappa shape index (κ1) is 8.73. The number of ether oxygens (including phenoxy) is 1. The van der Waals surface area contributed by atoms with E-state index in [1.807, 2.05) is 0 Å². The minimum Gasteiger partial charge on any atom is -0.436 e. The van der Waals surface area contributed by atoms with Gasteiger partial charge in [0.25, 0.3) is 0 Å². The normalized spacial score (nSPS) is 9.08. The van der Waals surface area contributed by atoms with Crippen LogP contribution in [0.15, 0.2) is 12.1 Å². The van der Waals surface area contributed by atoms with Gasteiger partial charge in [-0.1, -0.05) is 11.3 Å². The fourth-order valence-electron chi connectivity index (χ4n) is 0.682. The molecule has 0 aliphatic rings. The Kier molecular flexibility index (Phi) is 2.82. The Hall–Kier alpha value is -1.36. The van der Waals surface area contributed by atoms with Crippen LogP contribution in [0.3, 0.4) is 0 Å². The average Bonchev–Trinajstić information content (AvgIpc) is 2.36. The molecule has 0 bridgehead atoms. The Morgan fingerprint density at radius 3 is 3.08 bits per heavy atom. The summed E-state index contributed by atoms with van der Waals surface area (Å²) in [7, 11) is 0. The smallest absolute Gasteiger partial charge is 0.221 e. The number of anilines is 1. The molecule has 12 heavy (non-hydrogen) atoms. The fourth-order valence-corrected chi connectivity index (χ4v) is 1.46. The molecule has 0 unspecified atom stereocenters. The van der Waals surface area contributed by atoms with Gasteiger partial charge in [-0.3, -0.25) is 10.2 Å². The molecule has 64 valence electrons. The van der Waals surface area contributed by atoms with Crippen molar-refractivity contribution in [1.29, 1.82) is 5.41 Å². The first-order valence-corrected chi connectivity index (χ1v) is 4.07. The van der Waals surface area contributed by atoms with Crippen LogP contribution in [0.5, 0.6) is 5.06 Å². The number of thiophene rings is 1. The molecule has 0 saturated carbocycles. The highest BCUT2D eigenvalue weighted by Crippen LogP contribution is 2.28. The maximum absolute atomic E-state index is 10.6. The van der Waals surface area contributed by atoms with Crippen molar-refractivity contribution in [2.24, 2.45) is 0 Å². The number of rotatable bonds is 3. The summed E-state index contributed by atoms with van der Waals surface area (Å²) in [6.07, 6.45) is 0.851. The van der Waals surface area contributed by atoms with Crippen molar-refractivity contribution >= 4 is 28.6 Å². The van der Waals surface area contributed by atoms with Gasteiger partial charge >= 0.3 is 0 Å². The summed E-state index contributed by atoms with van der Waals surface area (Å²) in [6.45, 7) is 1.44. The second kappa shape index (κ2) is 3.87. The molecule has 0 aliphatic heterocycles. The first-order valence-electron chi connectivity index (χ1n) is 3.25. The van der Waals surface area contributed by atoms with E-state index in [0.29, 0.717) is 5.06 Å². The summed E-state index contributed by atoms with van der Waals surface area (Å²) in [4.78, 5) is 10.6. The summed E-state index contributed by atoms with van der Waals surface area (Å²) in [5.74, 6) is -0.113. The largest absolute Gasteiger partial charge is 0.436 e. The molecule has 0 saturated heterocycles. The van der Waals surface area contributed by atoms with Gasteiger partial charge in [0.15, 0.2) is 11.5 Å². The Morgan fingerprint density at radius 1 is 1.75 bits per heavy atom. The van der Waals surface area contributed by atoms with Crippen molar-refractivity contribution in [2.45, 2.75) is 6.92 Å². The summed E-state index contributed by atoms with van der Waals surface area (Å²) in [5.41, 5.74) is 0. The van der Waals surface area contributed by atoms with Crippen molar-refractivity contribution in [1.82, 2.24) is 0 Å². The van der Waals surface area contributed by atoms with Crippen LogP contribution < -0.4 is 10.1 Å². The van der Waals surface area contributed by atoms with E-state index in [1.54, 1.807) is 12.1 Å². The number of hydrogen-bond donors (Lipinski definition) is 2. The summed E-state index contributed by atoms with van der Waals surface area (Å²) < 4.78 is 4.78. The predicted molar refractivity (Wildman–Crippen MR) is 48.0 cm³/mol. The average molecular weight is 184 g/mol. The van der Waals surface area contributed by atoms with Crippen molar-refractivity contribution in [3.63, 3.8) is 0 Å². The molecule has 0 spiro atoms. The summed E-state index contributed by atoms with van der Waals surface area (Å²) >= 11 is 1.28. The van der Waals surface area contributed by atoms with E-state index in [0.717, 1.165) is 11.4 Å². The molecule has 2 N–H and O–H groups in total. The molecule has 0 aromatic carbocycles. The van der Waals surface area contributed by atoms with E-state index in [4.69, 9.17) is 10.1 Å². The van der Waals surface area contributed by atoms with Crippen molar-refractivity contribution in [2.75, 3.05) is 5.32 Å². The SMILES string of the molecule is CC(=O)Nc1ccc(OC=N)s1. The van der Waals surface area contributed by atoms with Gasteiger partial charge in [-0.15, -0.1) is 0 Å². The molecule has 0 atom stereocenters. The third kappa shape index (κ3) is 2.35. The van der Waals surface area contributed by atoms with Crippen LogP contribution >= 0.6 is 11.3 Å². The van der Waals surface area contributed by atoms with Crippen LogP contribution in [-0.2, 0) is 4.79 Å². The minimum absolute atomic E-state index is 0.113. The Bertz CT molecular complexity index is 295. The highest BCUT2D eigenvalue weighted by atomic mass is 32.1. The molecule has 5 heteroatoms. The number of carbonyl (C=O) groups excluding carboxylic acids is 1. The Labute approximate surface area is 73.7 Å². The lowest BCUT2D eigenvalue weighted by Gasteiger charge is -1.94. The van der Waals surface area contributed by atoms with Gasteiger partial charge in [-0.2, -0.15) is 0 Å². The number of hydrogen-bond acceptors (Lipinski definition) is 4. The monoisotopic (exact) mass is 184 g/mol. The van der Waals surface area contributed by atoms with E-state index in [2.05, 4.69) is 5.32 Å². The molecule has 1 heterocycles. The van der Waals surface area contributed by atoms with Gasteiger partial charge in [0.1, 0.15) is 0 Å². The number of carbonyl (C=O) groups is 1. The van der Waals surface area contributed by atoms with Crippen molar-refractivity contribution < 1.29 is 9.53 Å². The zero-order valence-electron chi connectivity index (χ0n) is 6.46. The lowest BCUT2D eigenvalue weighted by molar-refractivity contribution is -0.114. The predicted octanol–water partition coefficient (Wildman–Crippen LogP) is 1.69. The first-order chi connectivity index (χ1) is 5.72.